The van der Waals surface area contributed by atoms with Gasteiger partial charge in [0.2, 0.25) is 0 Å². The van der Waals surface area contributed by atoms with Crippen LogP contribution in [-0.2, 0) is 0 Å². The molecule has 72 valence electrons. The van der Waals surface area contributed by atoms with E-state index in [1.54, 1.807) is 0 Å². The smallest absolute Gasteiger partial charge is 0.0497 e. The summed E-state index contributed by atoms with van der Waals surface area (Å²) in [6.45, 7) is 6.18. The average Bonchev–Trinajstić information content (AvgIpc) is 2.12. The maximum absolute atomic E-state index is 9.01. The highest BCUT2D eigenvalue weighted by Crippen LogP contribution is 2.23. The molecule has 0 heterocycles. The van der Waals surface area contributed by atoms with E-state index < -0.39 is 0 Å². The molecular formula is C11H17NO. The van der Waals surface area contributed by atoms with Gasteiger partial charge in [-0.15, -0.1) is 0 Å². The van der Waals surface area contributed by atoms with Gasteiger partial charge in [-0.3, -0.25) is 0 Å². The second kappa shape index (κ2) is 3.79. The molecule has 2 heteroatoms. The van der Waals surface area contributed by atoms with Crippen molar-refractivity contribution in [1.82, 2.24) is 0 Å². The Morgan fingerprint density at radius 2 is 1.77 bits per heavy atom. The van der Waals surface area contributed by atoms with Crippen molar-refractivity contribution in [3.05, 3.63) is 28.8 Å². The van der Waals surface area contributed by atoms with Gasteiger partial charge in [0.25, 0.3) is 0 Å². The summed E-state index contributed by atoms with van der Waals surface area (Å²) in [5.74, 6) is 0.193. The van der Waals surface area contributed by atoms with Gasteiger partial charge in [0.05, 0.1) is 0 Å². The summed E-state index contributed by atoms with van der Waals surface area (Å²) < 4.78 is 0. The highest BCUT2D eigenvalue weighted by atomic mass is 16.3. The van der Waals surface area contributed by atoms with Crippen molar-refractivity contribution in [1.29, 1.82) is 0 Å². The molecule has 0 bridgehead atoms. The fourth-order valence-electron chi connectivity index (χ4n) is 1.40. The summed E-state index contributed by atoms with van der Waals surface area (Å²) in [5, 5.41) is 9.01. The summed E-state index contributed by atoms with van der Waals surface area (Å²) in [6.07, 6.45) is 0. The second-order valence-electron chi connectivity index (χ2n) is 3.65. The molecule has 1 aromatic carbocycles. The molecule has 0 aliphatic carbocycles. The third-order valence-corrected chi connectivity index (χ3v) is 2.46. The number of hydrogen-bond donors (Lipinski definition) is 2. The predicted octanol–water partition coefficient (Wildman–Crippen LogP) is 1.98. The normalized spacial score (nSPS) is 12.9. The van der Waals surface area contributed by atoms with Crippen molar-refractivity contribution in [3.63, 3.8) is 0 Å². The maximum atomic E-state index is 9.01. The number of rotatable bonds is 2. The maximum Gasteiger partial charge on any atom is 0.0497 e. The molecule has 3 N–H and O–H groups in total. The number of aryl methyl sites for hydroxylation is 2. The highest BCUT2D eigenvalue weighted by Gasteiger charge is 2.07. The van der Waals surface area contributed by atoms with Gasteiger partial charge >= 0.3 is 0 Å². The Labute approximate surface area is 79.4 Å². The molecule has 0 amide bonds. The second-order valence-corrected chi connectivity index (χ2v) is 3.65. The fraction of sp³-hybridized carbons (Fsp3) is 0.455. The first kappa shape index (κ1) is 10.1. The highest BCUT2D eigenvalue weighted by molar-refractivity contribution is 5.54. The molecule has 0 spiro atoms. The summed E-state index contributed by atoms with van der Waals surface area (Å²) in [4.78, 5) is 0. The number of anilines is 1. The van der Waals surface area contributed by atoms with Crippen LogP contribution in [0.1, 0.15) is 29.5 Å². The lowest BCUT2D eigenvalue weighted by Crippen LogP contribution is -2.02. The van der Waals surface area contributed by atoms with Crippen LogP contribution in [0.5, 0.6) is 0 Å². The third-order valence-electron chi connectivity index (χ3n) is 2.46. The van der Waals surface area contributed by atoms with E-state index in [0.29, 0.717) is 0 Å². The van der Waals surface area contributed by atoms with E-state index in [1.165, 1.54) is 0 Å². The Balaban J connectivity index is 3.13. The van der Waals surface area contributed by atoms with E-state index in [0.717, 1.165) is 22.4 Å². The van der Waals surface area contributed by atoms with Crippen molar-refractivity contribution in [2.45, 2.75) is 26.7 Å². The van der Waals surface area contributed by atoms with E-state index in [1.807, 2.05) is 32.9 Å². The molecule has 13 heavy (non-hydrogen) atoms. The summed E-state index contributed by atoms with van der Waals surface area (Å²) in [7, 11) is 0. The Bertz CT molecular complexity index is 284. The third kappa shape index (κ3) is 2.01. The van der Waals surface area contributed by atoms with Crippen LogP contribution in [0.15, 0.2) is 12.1 Å². The molecule has 0 aromatic heterocycles. The lowest BCUT2D eigenvalue weighted by Gasteiger charge is -2.12. The minimum Gasteiger partial charge on any atom is -0.398 e. The molecule has 0 saturated heterocycles. The molecule has 2 nitrogen and oxygen atoms in total. The van der Waals surface area contributed by atoms with Crippen molar-refractivity contribution in [2.24, 2.45) is 0 Å². The average molecular weight is 179 g/mol. The zero-order valence-electron chi connectivity index (χ0n) is 8.46. The Morgan fingerprint density at radius 3 is 2.15 bits per heavy atom. The number of aliphatic hydroxyl groups excluding tert-OH is 1. The summed E-state index contributed by atoms with van der Waals surface area (Å²) >= 11 is 0. The van der Waals surface area contributed by atoms with Crippen LogP contribution in [0, 0.1) is 13.8 Å². The van der Waals surface area contributed by atoms with E-state index in [2.05, 4.69) is 0 Å². The van der Waals surface area contributed by atoms with Gasteiger partial charge in [-0.05, 0) is 30.5 Å². The van der Waals surface area contributed by atoms with Crippen LogP contribution < -0.4 is 5.73 Å². The van der Waals surface area contributed by atoms with E-state index >= 15 is 0 Å². The number of nitrogens with two attached hydrogens (primary N) is 1. The fourth-order valence-corrected chi connectivity index (χ4v) is 1.40. The van der Waals surface area contributed by atoms with Crippen molar-refractivity contribution >= 4 is 5.69 Å². The predicted molar refractivity (Wildman–Crippen MR) is 55.8 cm³/mol. The van der Waals surface area contributed by atoms with Crippen molar-refractivity contribution in [2.75, 3.05) is 12.3 Å². The number of nitrogen functional groups attached to an aromatic ring is 1. The Hall–Kier alpha value is -1.02. The molecule has 0 radical (unpaired) electrons. The lowest BCUT2D eigenvalue weighted by molar-refractivity contribution is 0.273. The first-order valence-corrected chi connectivity index (χ1v) is 4.53. The van der Waals surface area contributed by atoms with Crippen LogP contribution in [0.4, 0.5) is 5.69 Å². The van der Waals surface area contributed by atoms with E-state index in [4.69, 9.17) is 10.8 Å². The Kier molecular flexibility index (Phi) is 2.94. The largest absolute Gasteiger partial charge is 0.398 e. The molecule has 1 aromatic rings. The Morgan fingerprint density at radius 1 is 1.31 bits per heavy atom. The number of hydrogen-bond acceptors (Lipinski definition) is 2. The standard InChI is InChI=1S/C11H17NO/c1-7-4-10(9(3)6-13)5-8(2)11(7)12/h4-5,9,13H,6,12H2,1-3H3. The zero-order chi connectivity index (χ0) is 10.0. The van der Waals surface area contributed by atoms with Crippen LogP contribution in [0.3, 0.4) is 0 Å². The molecule has 0 saturated carbocycles. The number of benzene rings is 1. The topological polar surface area (TPSA) is 46.2 Å². The molecule has 1 atom stereocenters. The van der Waals surface area contributed by atoms with Gasteiger partial charge in [-0.2, -0.15) is 0 Å². The van der Waals surface area contributed by atoms with Crippen LogP contribution in [0.25, 0.3) is 0 Å². The SMILES string of the molecule is Cc1cc(C(C)CO)cc(C)c1N. The van der Waals surface area contributed by atoms with Gasteiger partial charge in [0.1, 0.15) is 0 Å². The lowest BCUT2D eigenvalue weighted by atomic mass is 9.96. The minimum atomic E-state index is 0.183. The molecule has 0 aliphatic rings. The molecular weight excluding hydrogens is 162 g/mol. The van der Waals surface area contributed by atoms with Crippen LogP contribution in [0.2, 0.25) is 0 Å². The van der Waals surface area contributed by atoms with Crippen molar-refractivity contribution in [3.8, 4) is 0 Å². The molecule has 1 rings (SSSR count). The zero-order valence-corrected chi connectivity index (χ0v) is 8.46. The first-order valence-electron chi connectivity index (χ1n) is 4.53. The summed E-state index contributed by atoms with van der Waals surface area (Å²) in [5.41, 5.74) is 10.0. The van der Waals surface area contributed by atoms with Crippen molar-refractivity contribution < 1.29 is 5.11 Å². The van der Waals surface area contributed by atoms with Gasteiger partial charge in [-0.1, -0.05) is 19.1 Å². The first-order chi connectivity index (χ1) is 6.06. The minimum absolute atomic E-state index is 0.183. The molecule has 0 aliphatic heterocycles. The van der Waals surface area contributed by atoms with Gasteiger partial charge < -0.3 is 10.8 Å². The van der Waals surface area contributed by atoms with Gasteiger partial charge in [0, 0.05) is 18.2 Å². The van der Waals surface area contributed by atoms with E-state index in [-0.39, 0.29) is 12.5 Å². The van der Waals surface area contributed by atoms with Gasteiger partial charge in [0.15, 0.2) is 0 Å². The molecule has 0 fully saturated rings. The van der Waals surface area contributed by atoms with E-state index in [9.17, 15) is 0 Å². The van der Waals surface area contributed by atoms with Crippen LogP contribution in [-0.4, -0.2) is 11.7 Å². The number of aliphatic hydroxyl groups is 1. The van der Waals surface area contributed by atoms with Gasteiger partial charge in [-0.25, -0.2) is 0 Å². The molecule has 1 unspecified atom stereocenters. The quantitative estimate of drug-likeness (QED) is 0.682. The van der Waals surface area contributed by atoms with Crippen LogP contribution >= 0.6 is 0 Å². The monoisotopic (exact) mass is 179 g/mol. The summed E-state index contributed by atoms with van der Waals surface area (Å²) in [6, 6.07) is 4.09.